The van der Waals surface area contributed by atoms with Crippen LogP contribution in [0.2, 0.25) is 0 Å². The fourth-order valence-electron chi connectivity index (χ4n) is 5.44. The number of nitrogens with one attached hydrogen (secondary N) is 2. The molecule has 2 amide bonds. The van der Waals surface area contributed by atoms with Crippen LogP contribution in [0.4, 0.5) is 5.82 Å². The van der Waals surface area contributed by atoms with Crippen molar-refractivity contribution in [1.82, 2.24) is 30.2 Å². The van der Waals surface area contributed by atoms with E-state index in [9.17, 15) is 53.1 Å². The minimum atomic E-state index is -5.55. The van der Waals surface area contributed by atoms with E-state index in [1.54, 1.807) is 11.8 Å². The van der Waals surface area contributed by atoms with E-state index in [0.29, 0.717) is 12.3 Å². The standard InChI is InChI=1S/C31H54N7O16P3S/c1-4-5-6-7-8-9-10-11-15-58-16-14-33-22(39)12-13-34-29(42)26(41)31(2,3)18-51-57(48,49)54-56(46,47)50-17-21-25(53-55(43,44)45)24(40)30(52-21)38-20-37-23-27(32)35-19-36-28(23)38/h11,15,19-21,24-26,30,40-41H,4-10,12-14,16-18H2,1-3H3,(H,33,39)(H,34,42)(H,46,47)(H,48,49)(H2,32,35,36)(H2,43,44,45)/b15-11+/t21-,24-,25-,26+,30-/m1/s1. The zero-order chi connectivity index (χ0) is 43.1. The molecule has 1 aliphatic heterocycles. The molecule has 3 rings (SSSR count). The molecule has 2 aromatic heterocycles. The van der Waals surface area contributed by atoms with Crippen molar-refractivity contribution >= 4 is 64.0 Å². The molecule has 0 aliphatic carbocycles. The van der Waals surface area contributed by atoms with Gasteiger partial charge in [-0.15, -0.1) is 11.8 Å². The first-order valence-electron chi connectivity index (χ1n) is 18.3. The van der Waals surface area contributed by atoms with Crippen molar-refractivity contribution in [2.75, 3.05) is 37.8 Å². The molecule has 0 bridgehead atoms. The van der Waals surface area contributed by atoms with E-state index >= 15 is 0 Å². The Bertz CT molecular complexity index is 1820. The van der Waals surface area contributed by atoms with Gasteiger partial charge in [0.15, 0.2) is 17.7 Å². The molecular formula is C31H54N7O16P3S. The van der Waals surface area contributed by atoms with Crippen LogP contribution in [0, 0.1) is 5.41 Å². The van der Waals surface area contributed by atoms with E-state index < -0.39 is 78.6 Å². The highest BCUT2D eigenvalue weighted by molar-refractivity contribution is 8.02. The summed E-state index contributed by atoms with van der Waals surface area (Å²) in [6.07, 6.45) is 3.82. The number of nitrogens with two attached hydrogens (primary N) is 1. The lowest BCUT2D eigenvalue weighted by Gasteiger charge is -2.30. The second kappa shape index (κ2) is 23.0. The lowest BCUT2D eigenvalue weighted by molar-refractivity contribution is -0.137. The SMILES string of the molecule is CCCCCCCC/C=C/SCCNC(=O)CCNC(=O)[C@H](O)C(C)(C)COP(=O)(O)OP(=O)(O)OC[C@H]1O[C@@H](n2cnc3c(N)ncnc32)[C@H](O)[C@@H]1OP(=O)(O)O. The molecule has 23 nitrogen and oxygen atoms in total. The van der Waals surface area contributed by atoms with Crippen molar-refractivity contribution in [2.24, 2.45) is 5.41 Å². The number of phosphoric acid groups is 3. The number of hydrogen-bond donors (Lipinski definition) is 9. The molecule has 58 heavy (non-hydrogen) atoms. The zero-order valence-electron chi connectivity index (χ0n) is 32.3. The van der Waals surface area contributed by atoms with Gasteiger partial charge in [-0.25, -0.2) is 28.6 Å². The van der Waals surface area contributed by atoms with Gasteiger partial charge in [0, 0.05) is 30.7 Å². The third-order valence-electron chi connectivity index (χ3n) is 8.54. The monoisotopic (exact) mass is 905 g/mol. The number of rotatable bonds is 27. The topological polar surface area (TPSA) is 347 Å². The number of unbranched alkanes of at least 4 members (excludes halogenated alkanes) is 6. The number of hydrogen-bond acceptors (Lipinski definition) is 17. The number of carbonyl (C=O) groups excluding carboxylic acids is 2. The van der Waals surface area contributed by atoms with Crippen LogP contribution in [0.25, 0.3) is 11.2 Å². The Kier molecular flexibility index (Phi) is 19.8. The molecule has 10 N–H and O–H groups in total. The molecule has 27 heteroatoms. The molecule has 330 valence electrons. The maximum atomic E-state index is 12.7. The maximum absolute atomic E-state index is 12.7. The molecule has 1 fully saturated rings. The Morgan fingerprint density at radius 1 is 1.03 bits per heavy atom. The van der Waals surface area contributed by atoms with E-state index in [2.05, 4.69) is 47.4 Å². The number of aromatic nitrogens is 4. The number of carbonyl (C=O) groups is 2. The van der Waals surface area contributed by atoms with Gasteiger partial charge >= 0.3 is 23.5 Å². The number of ether oxygens (including phenoxy) is 1. The third-order valence-corrected chi connectivity index (χ3v) is 12.5. The van der Waals surface area contributed by atoms with Gasteiger partial charge in [-0.05, 0) is 18.2 Å². The summed E-state index contributed by atoms with van der Waals surface area (Å²) >= 11 is 1.58. The van der Waals surface area contributed by atoms with E-state index in [4.69, 9.17) is 19.5 Å². The number of thioether (sulfide) groups is 1. The smallest absolute Gasteiger partial charge is 0.386 e. The molecule has 1 aliphatic rings. The number of aliphatic hydroxyl groups is 2. The highest BCUT2D eigenvalue weighted by Gasteiger charge is 2.50. The predicted molar refractivity (Wildman–Crippen MR) is 209 cm³/mol. The molecule has 3 heterocycles. The highest BCUT2D eigenvalue weighted by atomic mass is 32.2. The number of phosphoric ester groups is 3. The number of amides is 2. The summed E-state index contributed by atoms with van der Waals surface area (Å²) in [5.74, 6) is -0.620. The van der Waals surface area contributed by atoms with Gasteiger partial charge in [-0.1, -0.05) is 59.0 Å². The van der Waals surface area contributed by atoms with Crippen molar-refractivity contribution < 1.29 is 75.7 Å². The van der Waals surface area contributed by atoms with Crippen molar-refractivity contribution in [3.05, 3.63) is 24.1 Å². The largest absolute Gasteiger partial charge is 0.481 e. The number of imidazole rings is 1. The number of aliphatic hydroxyl groups excluding tert-OH is 2. The quantitative estimate of drug-likeness (QED) is 0.0459. The van der Waals surface area contributed by atoms with Crippen molar-refractivity contribution in [2.45, 2.75) is 103 Å². The van der Waals surface area contributed by atoms with Gasteiger partial charge < -0.3 is 50.9 Å². The minimum absolute atomic E-state index is 0.0340. The second-order valence-corrected chi connectivity index (χ2v) is 19.1. The summed E-state index contributed by atoms with van der Waals surface area (Å²) < 4.78 is 62.3. The van der Waals surface area contributed by atoms with Crippen molar-refractivity contribution in [3.8, 4) is 0 Å². The van der Waals surface area contributed by atoms with Gasteiger partial charge in [0.2, 0.25) is 11.8 Å². The summed E-state index contributed by atoms with van der Waals surface area (Å²) in [6, 6.07) is 0. The van der Waals surface area contributed by atoms with Crippen LogP contribution in [-0.4, -0.2) is 118 Å². The number of allylic oxidation sites excluding steroid dienone is 1. The Labute approximate surface area is 339 Å². The average molecular weight is 906 g/mol. The van der Waals surface area contributed by atoms with E-state index in [1.807, 2.05) is 5.41 Å². The van der Waals surface area contributed by atoms with E-state index in [-0.39, 0.29) is 35.9 Å². The summed E-state index contributed by atoms with van der Waals surface area (Å²) in [4.78, 5) is 75.8. The van der Waals surface area contributed by atoms with E-state index in [0.717, 1.165) is 30.1 Å². The van der Waals surface area contributed by atoms with Crippen molar-refractivity contribution in [1.29, 1.82) is 0 Å². The van der Waals surface area contributed by atoms with Gasteiger partial charge in [-0.2, -0.15) is 4.31 Å². The Morgan fingerprint density at radius 3 is 2.43 bits per heavy atom. The van der Waals surface area contributed by atoms with Crippen LogP contribution in [0.15, 0.2) is 24.1 Å². The molecule has 2 aromatic rings. The number of anilines is 1. The van der Waals surface area contributed by atoms with Crippen LogP contribution in [0.3, 0.4) is 0 Å². The Balaban J connectivity index is 1.42. The third kappa shape index (κ3) is 16.6. The van der Waals surface area contributed by atoms with Crippen LogP contribution in [-0.2, 0) is 45.9 Å². The molecular weight excluding hydrogens is 851 g/mol. The zero-order valence-corrected chi connectivity index (χ0v) is 35.8. The van der Waals surface area contributed by atoms with Crippen LogP contribution in [0.1, 0.15) is 78.4 Å². The Hall–Kier alpha value is -2.37. The summed E-state index contributed by atoms with van der Waals surface area (Å²) in [5.41, 5.74) is 4.32. The molecule has 0 radical (unpaired) electrons. The first-order chi connectivity index (χ1) is 27.2. The fraction of sp³-hybridized carbons (Fsp3) is 0.710. The fourth-order valence-corrected chi connectivity index (χ4v) is 8.89. The average Bonchev–Trinajstić information content (AvgIpc) is 3.70. The lowest BCUT2D eigenvalue weighted by Crippen LogP contribution is -2.46. The number of nitrogen functional groups attached to an aromatic ring is 1. The summed E-state index contributed by atoms with van der Waals surface area (Å²) in [7, 11) is -16.3. The van der Waals surface area contributed by atoms with Crippen LogP contribution in [0.5, 0.6) is 0 Å². The predicted octanol–water partition coefficient (Wildman–Crippen LogP) is 2.40. The van der Waals surface area contributed by atoms with Gasteiger partial charge in [0.25, 0.3) is 0 Å². The molecule has 0 saturated carbocycles. The number of nitrogens with zero attached hydrogens (tertiary/aromatic N) is 4. The molecule has 2 unspecified atom stereocenters. The number of fused-ring (bicyclic) bond motifs is 1. The minimum Gasteiger partial charge on any atom is -0.386 e. The highest BCUT2D eigenvalue weighted by Crippen LogP contribution is 2.61. The van der Waals surface area contributed by atoms with Gasteiger partial charge in [0.1, 0.15) is 36.3 Å². The van der Waals surface area contributed by atoms with E-state index in [1.165, 1.54) is 46.0 Å². The van der Waals surface area contributed by atoms with Crippen LogP contribution >= 0.6 is 35.2 Å². The maximum Gasteiger partial charge on any atom is 0.481 e. The second-order valence-electron chi connectivity index (χ2n) is 13.9. The molecule has 7 atom stereocenters. The normalized spacial score (nSPS) is 21.5. The molecule has 0 spiro atoms. The van der Waals surface area contributed by atoms with Gasteiger partial charge in [-0.3, -0.25) is 27.7 Å². The van der Waals surface area contributed by atoms with Gasteiger partial charge in [0.05, 0.1) is 19.5 Å². The van der Waals surface area contributed by atoms with Crippen molar-refractivity contribution in [3.63, 3.8) is 0 Å². The molecule has 1 saturated heterocycles. The van der Waals surface area contributed by atoms with Crippen LogP contribution < -0.4 is 16.4 Å². The lowest BCUT2D eigenvalue weighted by atomic mass is 9.87. The Morgan fingerprint density at radius 2 is 1.72 bits per heavy atom. The summed E-state index contributed by atoms with van der Waals surface area (Å²) in [5, 5.41) is 28.6. The first-order valence-corrected chi connectivity index (χ1v) is 23.9. The summed E-state index contributed by atoms with van der Waals surface area (Å²) in [6.45, 7) is 3.07. The molecule has 0 aromatic carbocycles. The first kappa shape index (κ1) is 50.0.